The number of rotatable bonds is 4. The standard InChI is InChI=1S/C12H16N4O2/c1-8-2-3-9(6-14-8)7-15-11(17)12(4-5-12)10(13)16-18/h2-3,6,18H,4-5,7H2,1H3,(H2,13,16)(H,15,17). The van der Waals surface area contributed by atoms with E-state index in [1.165, 1.54) is 0 Å². The van der Waals surface area contributed by atoms with Gasteiger partial charge >= 0.3 is 0 Å². The van der Waals surface area contributed by atoms with E-state index >= 15 is 0 Å². The van der Waals surface area contributed by atoms with E-state index in [9.17, 15) is 4.79 Å². The van der Waals surface area contributed by atoms with Crippen molar-refractivity contribution in [3.8, 4) is 0 Å². The fraction of sp³-hybridized carbons (Fsp3) is 0.417. The highest BCUT2D eigenvalue weighted by Crippen LogP contribution is 2.46. The number of nitrogens with two attached hydrogens (primary N) is 1. The summed E-state index contributed by atoms with van der Waals surface area (Å²) in [5.41, 5.74) is 6.58. The van der Waals surface area contributed by atoms with Crippen LogP contribution in [0.25, 0.3) is 0 Å². The quantitative estimate of drug-likeness (QED) is 0.313. The molecule has 0 aliphatic heterocycles. The Labute approximate surface area is 105 Å². The van der Waals surface area contributed by atoms with E-state index in [1.807, 2.05) is 19.1 Å². The van der Waals surface area contributed by atoms with Crippen molar-refractivity contribution in [1.29, 1.82) is 0 Å². The molecule has 0 atom stereocenters. The lowest BCUT2D eigenvalue weighted by Crippen LogP contribution is -2.40. The number of hydrogen-bond donors (Lipinski definition) is 3. The third-order valence-corrected chi connectivity index (χ3v) is 3.21. The molecule has 1 amide bonds. The molecule has 2 rings (SSSR count). The summed E-state index contributed by atoms with van der Waals surface area (Å²) >= 11 is 0. The van der Waals surface area contributed by atoms with Gasteiger partial charge in [0, 0.05) is 18.4 Å². The summed E-state index contributed by atoms with van der Waals surface area (Å²) in [5, 5.41) is 14.4. The Morgan fingerprint density at radius 3 is 2.83 bits per heavy atom. The zero-order chi connectivity index (χ0) is 13.2. The Balaban J connectivity index is 1.95. The lowest BCUT2D eigenvalue weighted by atomic mass is 10.1. The van der Waals surface area contributed by atoms with Crippen molar-refractivity contribution in [3.63, 3.8) is 0 Å². The topological polar surface area (TPSA) is 101 Å². The van der Waals surface area contributed by atoms with Crippen LogP contribution in [0.15, 0.2) is 23.5 Å². The monoisotopic (exact) mass is 248 g/mol. The van der Waals surface area contributed by atoms with Crippen LogP contribution in [0.2, 0.25) is 0 Å². The van der Waals surface area contributed by atoms with Gasteiger partial charge < -0.3 is 16.3 Å². The molecular formula is C12H16N4O2. The molecule has 1 saturated carbocycles. The van der Waals surface area contributed by atoms with Gasteiger partial charge in [-0.25, -0.2) is 0 Å². The Morgan fingerprint density at radius 2 is 2.33 bits per heavy atom. The average molecular weight is 248 g/mol. The fourth-order valence-corrected chi connectivity index (χ4v) is 1.77. The Bertz CT molecular complexity index is 477. The Hall–Kier alpha value is -2.11. The van der Waals surface area contributed by atoms with Gasteiger partial charge in [0.15, 0.2) is 5.84 Å². The summed E-state index contributed by atoms with van der Waals surface area (Å²) in [6, 6.07) is 3.80. The second-order valence-corrected chi connectivity index (χ2v) is 4.56. The zero-order valence-electron chi connectivity index (χ0n) is 10.2. The number of aryl methyl sites for hydroxylation is 1. The summed E-state index contributed by atoms with van der Waals surface area (Å²) < 4.78 is 0. The predicted molar refractivity (Wildman–Crippen MR) is 65.9 cm³/mol. The second kappa shape index (κ2) is 4.64. The van der Waals surface area contributed by atoms with Crippen LogP contribution >= 0.6 is 0 Å². The summed E-state index contributed by atoms with van der Waals surface area (Å²) in [6.45, 7) is 2.30. The average Bonchev–Trinajstić information content (AvgIpc) is 3.18. The number of amides is 1. The SMILES string of the molecule is Cc1ccc(CNC(=O)C2(/C(N)=N/O)CC2)cn1. The van der Waals surface area contributed by atoms with Gasteiger partial charge in [-0.1, -0.05) is 11.2 Å². The van der Waals surface area contributed by atoms with Gasteiger partial charge in [-0.3, -0.25) is 9.78 Å². The Morgan fingerprint density at radius 1 is 1.61 bits per heavy atom. The van der Waals surface area contributed by atoms with Crippen molar-refractivity contribution in [2.24, 2.45) is 16.3 Å². The van der Waals surface area contributed by atoms with Crippen molar-refractivity contribution < 1.29 is 10.0 Å². The van der Waals surface area contributed by atoms with Gasteiger partial charge in [0.1, 0.15) is 5.41 Å². The van der Waals surface area contributed by atoms with E-state index in [4.69, 9.17) is 10.9 Å². The van der Waals surface area contributed by atoms with Gasteiger partial charge in [-0.05, 0) is 31.4 Å². The molecule has 4 N–H and O–H groups in total. The van der Waals surface area contributed by atoms with Gasteiger partial charge in [0.25, 0.3) is 0 Å². The summed E-state index contributed by atoms with van der Waals surface area (Å²) in [7, 11) is 0. The highest BCUT2D eigenvalue weighted by atomic mass is 16.4. The van der Waals surface area contributed by atoms with Gasteiger partial charge in [-0.15, -0.1) is 0 Å². The van der Waals surface area contributed by atoms with E-state index in [0.29, 0.717) is 19.4 Å². The molecule has 6 nitrogen and oxygen atoms in total. The number of hydrogen-bond acceptors (Lipinski definition) is 4. The highest BCUT2D eigenvalue weighted by Gasteiger charge is 2.54. The number of carbonyl (C=O) groups is 1. The maximum Gasteiger partial charge on any atom is 0.234 e. The number of pyridine rings is 1. The number of aromatic nitrogens is 1. The third-order valence-electron chi connectivity index (χ3n) is 3.21. The first-order valence-electron chi connectivity index (χ1n) is 5.76. The van der Waals surface area contributed by atoms with Crippen molar-refractivity contribution in [3.05, 3.63) is 29.6 Å². The molecule has 0 saturated heterocycles. The van der Waals surface area contributed by atoms with Crippen LogP contribution in [0.3, 0.4) is 0 Å². The van der Waals surface area contributed by atoms with E-state index in [2.05, 4.69) is 15.5 Å². The summed E-state index contributed by atoms with van der Waals surface area (Å²) in [6.07, 6.45) is 2.97. The van der Waals surface area contributed by atoms with Crippen LogP contribution in [-0.4, -0.2) is 21.9 Å². The van der Waals surface area contributed by atoms with Gasteiger partial charge in [0.2, 0.25) is 5.91 Å². The molecule has 1 aromatic heterocycles. The largest absolute Gasteiger partial charge is 0.409 e. The van der Waals surface area contributed by atoms with Crippen LogP contribution < -0.4 is 11.1 Å². The minimum atomic E-state index is -0.799. The highest BCUT2D eigenvalue weighted by molar-refractivity contribution is 6.09. The first-order valence-corrected chi connectivity index (χ1v) is 5.76. The predicted octanol–water partition coefficient (Wildman–Crippen LogP) is 0.533. The molecule has 96 valence electrons. The lowest BCUT2D eigenvalue weighted by Gasteiger charge is -2.13. The van der Waals surface area contributed by atoms with Gasteiger partial charge in [-0.2, -0.15) is 0 Å². The summed E-state index contributed by atoms with van der Waals surface area (Å²) in [5.74, 6) is -0.208. The fourth-order valence-electron chi connectivity index (χ4n) is 1.77. The van der Waals surface area contributed by atoms with Crippen LogP contribution in [0.5, 0.6) is 0 Å². The van der Waals surface area contributed by atoms with E-state index < -0.39 is 5.41 Å². The van der Waals surface area contributed by atoms with Crippen LogP contribution in [0, 0.1) is 12.3 Å². The minimum absolute atomic E-state index is 0.0120. The number of nitrogens with one attached hydrogen (secondary N) is 1. The van der Waals surface area contributed by atoms with Crippen LogP contribution in [0.1, 0.15) is 24.1 Å². The molecule has 1 aliphatic carbocycles. The molecule has 0 aromatic carbocycles. The molecule has 1 aromatic rings. The lowest BCUT2D eigenvalue weighted by molar-refractivity contribution is -0.124. The second-order valence-electron chi connectivity index (χ2n) is 4.56. The molecule has 0 spiro atoms. The van der Waals surface area contributed by atoms with Crippen molar-refractivity contribution in [1.82, 2.24) is 10.3 Å². The smallest absolute Gasteiger partial charge is 0.234 e. The maximum atomic E-state index is 12.0. The van der Waals surface area contributed by atoms with Gasteiger partial charge in [0.05, 0.1) is 0 Å². The van der Waals surface area contributed by atoms with Crippen LogP contribution in [0.4, 0.5) is 0 Å². The van der Waals surface area contributed by atoms with Crippen molar-refractivity contribution in [2.75, 3.05) is 0 Å². The Kier molecular flexibility index (Phi) is 3.18. The van der Waals surface area contributed by atoms with Crippen molar-refractivity contribution >= 4 is 11.7 Å². The van der Waals surface area contributed by atoms with Crippen LogP contribution in [-0.2, 0) is 11.3 Å². The molecule has 0 bridgehead atoms. The van der Waals surface area contributed by atoms with E-state index in [-0.39, 0.29) is 11.7 Å². The molecule has 0 unspecified atom stereocenters. The molecule has 18 heavy (non-hydrogen) atoms. The third kappa shape index (κ3) is 2.27. The molecule has 6 heteroatoms. The number of carbonyl (C=O) groups excluding carboxylic acids is 1. The maximum absolute atomic E-state index is 12.0. The number of nitrogens with zero attached hydrogens (tertiary/aromatic N) is 2. The minimum Gasteiger partial charge on any atom is -0.409 e. The molecule has 0 radical (unpaired) electrons. The number of amidine groups is 1. The molecular weight excluding hydrogens is 232 g/mol. The van der Waals surface area contributed by atoms with E-state index in [0.717, 1.165) is 11.3 Å². The first-order chi connectivity index (χ1) is 8.58. The number of oxime groups is 1. The first kappa shape index (κ1) is 12.3. The zero-order valence-corrected chi connectivity index (χ0v) is 10.2. The molecule has 1 heterocycles. The normalized spacial score (nSPS) is 17.3. The van der Waals surface area contributed by atoms with E-state index in [1.54, 1.807) is 6.20 Å². The summed E-state index contributed by atoms with van der Waals surface area (Å²) in [4.78, 5) is 16.1. The molecule has 1 aliphatic rings. The molecule has 1 fully saturated rings. The van der Waals surface area contributed by atoms with Crippen molar-refractivity contribution in [2.45, 2.75) is 26.3 Å².